The van der Waals surface area contributed by atoms with Crippen molar-refractivity contribution in [3.05, 3.63) is 88.5 Å². The Morgan fingerprint density at radius 3 is 2.42 bits per heavy atom. The minimum Gasteiger partial charge on any atom is -0.508 e. The lowest BCUT2D eigenvalue weighted by molar-refractivity contribution is 0.194. The van der Waals surface area contributed by atoms with E-state index >= 15 is 0 Å². The van der Waals surface area contributed by atoms with Gasteiger partial charge in [-0.25, -0.2) is 0 Å². The van der Waals surface area contributed by atoms with Crippen LogP contribution in [-0.2, 0) is 25.8 Å². The van der Waals surface area contributed by atoms with Crippen LogP contribution in [0.3, 0.4) is 0 Å². The summed E-state index contributed by atoms with van der Waals surface area (Å²) in [6.45, 7) is 10.1. The number of likely N-dealkylation sites (tertiary alicyclic amines) is 1. The van der Waals surface area contributed by atoms with E-state index < -0.39 is 0 Å². The topological polar surface area (TPSA) is 35.9 Å². The first kappa shape index (κ1) is 26.6. The molecule has 38 heavy (non-hydrogen) atoms. The maximum atomic E-state index is 9.91. The molecule has 0 spiro atoms. The maximum Gasteiger partial charge on any atom is 0.120 e. The van der Waals surface area contributed by atoms with E-state index in [1.807, 2.05) is 12.1 Å². The van der Waals surface area contributed by atoms with Crippen LogP contribution in [0.15, 0.2) is 60.7 Å². The lowest BCUT2D eigenvalue weighted by Gasteiger charge is -2.32. The number of aromatic hydroxyl groups is 1. The Labute approximate surface area is 229 Å². The highest BCUT2D eigenvalue weighted by atomic mass is 16.5. The third-order valence-corrected chi connectivity index (χ3v) is 8.81. The van der Waals surface area contributed by atoms with Gasteiger partial charge < -0.3 is 19.6 Å². The average molecular weight is 513 g/mol. The number of hydrogen-bond acceptors (Lipinski definition) is 4. The van der Waals surface area contributed by atoms with Gasteiger partial charge in [-0.3, -0.25) is 0 Å². The highest BCUT2D eigenvalue weighted by molar-refractivity contribution is 5.60. The van der Waals surface area contributed by atoms with Crippen LogP contribution in [0.2, 0.25) is 0 Å². The summed E-state index contributed by atoms with van der Waals surface area (Å²) in [6.07, 6.45) is 6.93. The number of fused-ring (bicyclic) bond motifs is 1. The third kappa shape index (κ3) is 6.35. The summed E-state index contributed by atoms with van der Waals surface area (Å²) >= 11 is 0. The summed E-state index contributed by atoms with van der Waals surface area (Å²) in [4.78, 5) is 5.12. The first-order valence-electron chi connectivity index (χ1n) is 14.6. The average Bonchev–Trinajstić information content (AvgIpc) is 2.95. The summed E-state index contributed by atoms with van der Waals surface area (Å²) < 4.78 is 5.65. The van der Waals surface area contributed by atoms with Crippen LogP contribution in [0.1, 0.15) is 66.8 Å². The minimum absolute atomic E-state index is 0.372. The lowest BCUT2D eigenvalue weighted by atomic mass is 9.79. The molecule has 1 aliphatic heterocycles. The van der Waals surface area contributed by atoms with Gasteiger partial charge in [0.1, 0.15) is 11.5 Å². The van der Waals surface area contributed by atoms with Crippen LogP contribution in [-0.4, -0.2) is 43.3 Å². The molecule has 0 radical (unpaired) electrons. The predicted molar refractivity (Wildman–Crippen MR) is 158 cm³/mol. The quantitative estimate of drug-likeness (QED) is 0.336. The second-order valence-electron chi connectivity index (χ2n) is 11.4. The van der Waals surface area contributed by atoms with Crippen LogP contribution < -0.4 is 9.64 Å². The molecule has 0 aromatic heterocycles. The molecule has 1 fully saturated rings. The molecular weight excluding hydrogens is 468 g/mol. The SMILES string of the molecule is CCN(Cc1ccc(CCN2CCC(C)CC2)cc1)c1cc(OC)ccc1[C@@H]1CCc2cc(O)ccc2C1. The van der Waals surface area contributed by atoms with Crippen LogP contribution >= 0.6 is 0 Å². The Balaban J connectivity index is 1.29. The fourth-order valence-electron chi connectivity index (χ4n) is 6.25. The lowest BCUT2D eigenvalue weighted by Crippen LogP contribution is -2.34. The summed E-state index contributed by atoms with van der Waals surface area (Å²) in [5.74, 6) is 2.63. The summed E-state index contributed by atoms with van der Waals surface area (Å²) in [6, 6.07) is 21.8. The van der Waals surface area contributed by atoms with Crippen LogP contribution in [0.25, 0.3) is 0 Å². The molecule has 0 unspecified atom stereocenters. The number of benzene rings is 3. The van der Waals surface area contributed by atoms with Gasteiger partial charge >= 0.3 is 0 Å². The molecule has 2 aliphatic rings. The highest BCUT2D eigenvalue weighted by Crippen LogP contribution is 2.40. The molecule has 1 atom stereocenters. The number of rotatable bonds is 9. The first-order chi connectivity index (χ1) is 18.5. The van der Waals surface area contributed by atoms with Gasteiger partial charge in [-0.05, 0) is 116 Å². The van der Waals surface area contributed by atoms with Crippen molar-refractivity contribution in [1.29, 1.82) is 0 Å². The van der Waals surface area contributed by atoms with E-state index in [1.54, 1.807) is 7.11 Å². The van der Waals surface area contributed by atoms with E-state index in [4.69, 9.17) is 4.74 Å². The summed E-state index contributed by atoms with van der Waals surface area (Å²) in [5, 5.41) is 9.91. The maximum absolute atomic E-state index is 9.91. The first-order valence-corrected chi connectivity index (χ1v) is 14.6. The molecule has 1 aliphatic carbocycles. The largest absolute Gasteiger partial charge is 0.508 e. The zero-order chi connectivity index (χ0) is 26.5. The number of anilines is 1. The van der Waals surface area contributed by atoms with Gasteiger partial charge in [0, 0.05) is 31.4 Å². The number of aryl methyl sites for hydroxylation is 1. The van der Waals surface area contributed by atoms with Crippen LogP contribution in [0, 0.1) is 5.92 Å². The fraction of sp³-hybridized carbons (Fsp3) is 0.471. The minimum atomic E-state index is 0.372. The zero-order valence-corrected chi connectivity index (χ0v) is 23.5. The molecule has 0 amide bonds. The van der Waals surface area contributed by atoms with Gasteiger partial charge in [-0.1, -0.05) is 43.3 Å². The number of phenols is 1. The van der Waals surface area contributed by atoms with E-state index in [-0.39, 0.29) is 0 Å². The normalized spacial score (nSPS) is 18.2. The van der Waals surface area contributed by atoms with E-state index in [0.29, 0.717) is 11.7 Å². The summed E-state index contributed by atoms with van der Waals surface area (Å²) in [5.41, 5.74) is 8.11. The van der Waals surface area contributed by atoms with Crippen molar-refractivity contribution in [2.75, 3.05) is 38.2 Å². The Kier molecular flexibility index (Phi) is 8.58. The molecular formula is C34H44N2O2. The van der Waals surface area contributed by atoms with Gasteiger partial charge in [0.15, 0.2) is 0 Å². The van der Waals surface area contributed by atoms with E-state index in [2.05, 4.69) is 72.2 Å². The monoisotopic (exact) mass is 512 g/mol. The van der Waals surface area contributed by atoms with Crippen molar-refractivity contribution in [3.8, 4) is 11.5 Å². The number of hydrogen-bond donors (Lipinski definition) is 1. The summed E-state index contributed by atoms with van der Waals surface area (Å²) in [7, 11) is 1.75. The number of phenolic OH excluding ortho intramolecular Hbond substituents is 1. The molecule has 3 aromatic carbocycles. The number of piperidine rings is 1. The molecule has 202 valence electrons. The fourth-order valence-corrected chi connectivity index (χ4v) is 6.25. The molecule has 4 heteroatoms. The predicted octanol–water partition coefficient (Wildman–Crippen LogP) is 6.97. The standard InChI is InChI=1S/C34H44N2O2/c1-4-36(24-27-7-5-26(6-8-27)17-20-35-18-15-25(2)16-19-35)34-23-32(38-3)13-14-33(34)30-10-9-29-22-31(37)12-11-28(29)21-30/h5-8,11-14,22-23,25,30,37H,4,9-10,15-21,24H2,1-3H3/t30-/m1/s1. The van der Waals surface area contributed by atoms with Gasteiger partial charge in [-0.15, -0.1) is 0 Å². The molecule has 3 aromatic rings. The Bertz CT molecular complexity index is 1200. The van der Waals surface area contributed by atoms with Crippen molar-refractivity contribution in [2.24, 2.45) is 5.92 Å². The van der Waals surface area contributed by atoms with Crippen molar-refractivity contribution < 1.29 is 9.84 Å². The van der Waals surface area contributed by atoms with Gasteiger partial charge in [0.05, 0.1) is 7.11 Å². The van der Waals surface area contributed by atoms with Crippen molar-refractivity contribution in [1.82, 2.24) is 4.90 Å². The number of methoxy groups -OCH3 is 1. The van der Waals surface area contributed by atoms with Crippen LogP contribution in [0.5, 0.6) is 11.5 Å². The number of nitrogens with zero attached hydrogens (tertiary/aromatic N) is 2. The van der Waals surface area contributed by atoms with E-state index in [1.165, 1.54) is 66.0 Å². The molecule has 1 heterocycles. The Hall–Kier alpha value is -2.98. The van der Waals surface area contributed by atoms with Crippen molar-refractivity contribution in [2.45, 2.75) is 64.8 Å². The molecule has 1 saturated heterocycles. The molecule has 5 rings (SSSR count). The van der Waals surface area contributed by atoms with Crippen molar-refractivity contribution in [3.63, 3.8) is 0 Å². The van der Waals surface area contributed by atoms with Gasteiger partial charge in [0.2, 0.25) is 0 Å². The van der Waals surface area contributed by atoms with Gasteiger partial charge in [-0.2, -0.15) is 0 Å². The molecule has 0 bridgehead atoms. The second-order valence-corrected chi connectivity index (χ2v) is 11.4. The smallest absolute Gasteiger partial charge is 0.120 e. The van der Waals surface area contributed by atoms with E-state index in [0.717, 1.165) is 50.4 Å². The third-order valence-electron chi connectivity index (χ3n) is 8.81. The number of ether oxygens (including phenoxy) is 1. The molecule has 1 N–H and O–H groups in total. The van der Waals surface area contributed by atoms with Gasteiger partial charge in [0.25, 0.3) is 0 Å². The Morgan fingerprint density at radius 1 is 0.921 bits per heavy atom. The van der Waals surface area contributed by atoms with Crippen LogP contribution in [0.4, 0.5) is 5.69 Å². The highest BCUT2D eigenvalue weighted by Gasteiger charge is 2.25. The Morgan fingerprint density at radius 2 is 1.68 bits per heavy atom. The second kappa shape index (κ2) is 12.3. The van der Waals surface area contributed by atoms with Crippen molar-refractivity contribution >= 4 is 5.69 Å². The zero-order valence-electron chi connectivity index (χ0n) is 23.5. The molecule has 0 saturated carbocycles. The van der Waals surface area contributed by atoms with E-state index in [9.17, 15) is 5.11 Å². The molecule has 4 nitrogen and oxygen atoms in total.